The molecule has 4 nitrogen and oxygen atoms in total. The largest absolute Gasteiger partial charge is 0.399 e. The summed E-state index contributed by atoms with van der Waals surface area (Å²) in [6, 6.07) is 12.4. The van der Waals surface area contributed by atoms with Gasteiger partial charge in [-0.3, -0.25) is 4.79 Å². The van der Waals surface area contributed by atoms with Gasteiger partial charge in [-0.25, -0.2) is 0 Å². The molecule has 0 bridgehead atoms. The Kier molecular flexibility index (Phi) is 3.08. The highest BCUT2D eigenvalue weighted by atomic mass is 35.5. The second-order valence-electron chi connectivity index (χ2n) is 4.47. The lowest BCUT2D eigenvalue weighted by atomic mass is 10.1. The first-order valence-electron chi connectivity index (χ1n) is 6.07. The molecule has 0 aliphatic heterocycles. The summed E-state index contributed by atoms with van der Waals surface area (Å²) >= 11 is 5.81. The van der Waals surface area contributed by atoms with Crippen LogP contribution in [0.2, 0.25) is 5.02 Å². The molecule has 1 aromatic heterocycles. The molecule has 0 saturated heterocycles. The Bertz CT molecular complexity index is 777. The minimum absolute atomic E-state index is 0.177. The van der Waals surface area contributed by atoms with Gasteiger partial charge in [-0.15, -0.1) is 0 Å². The summed E-state index contributed by atoms with van der Waals surface area (Å²) in [7, 11) is 0. The fourth-order valence-electron chi connectivity index (χ4n) is 2.06. The van der Waals surface area contributed by atoms with Gasteiger partial charge in [0.1, 0.15) is 0 Å². The van der Waals surface area contributed by atoms with Gasteiger partial charge in [-0.1, -0.05) is 11.6 Å². The van der Waals surface area contributed by atoms with E-state index in [1.54, 1.807) is 42.6 Å². The van der Waals surface area contributed by atoms with Crippen molar-refractivity contribution in [3.05, 3.63) is 59.2 Å². The zero-order valence-electron chi connectivity index (χ0n) is 10.5. The average Bonchev–Trinajstić information content (AvgIpc) is 2.84. The van der Waals surface area contributed by atoms with Crippen LogP contribution in [0.1, 0.15) is 10.4 Å². The summed E-state index contributed by atoms with van der Waals surface area (Å²) in [5.41, 5.74) is 8.49. The number of halogens is 1. The number of nitrogen functional groups attached to an aromatic ring is 1. The third-order valence-corrected chi connectivity index (χ3v) is 3.30. The van der Waals surface area contributed by atoms with Crippen molar-refractivity contribution >= 4 is 39.8 Å². The molecule has 0 spiro atoms. The van der Waals surface area contributed by atoms with Gasteiger partial charge < -0.3 is 16.0 Å². The van der Waals surface area contributed by atoms with Gasteiger partial charge in [0, 0.05) is 33.5 Å². The zero-order chi connectivity index (χ0) is 14.1. The molecule has 5 heteroatoms. The molecule has 3 aromatic rings. The highest BCUT2D eigenvalue weighted by Gasteiger charge is 2.12. The Balaban J connectivity index is 1.91. The van der Waals surface area contributed by atoms with E-state index in [0.29, 0.717) is 22.0 Å². The maximum atomic E-state index is 12.3. The summed E-state index contributed by atoms with van der Waals surface area (Å²) in [4.78, 5) is 15.3. The van der Waals surface area contributed by atoms with Crippen molar-refractivity contribution in [1.82, 2.24) is 4.98 Å². The molecule has 3 rings (SSSR count). The number of rotatable bonds is 2. The Morgan fingerprint density at radius 2 is 1.90 bits per heavy atom. The Hall–Kier alpha value is -2.46. The molecule has 0 unspecified atom stereocenters. The van der Waals surface area contributed by atoms with Gasteiger partial charge in [0.05, 0.1) is 5.56 Å². The van der Waals surface area contributed by atoms with Crippen molar-refractivity contribution in [3.63, 3.8) is 0 Å². The van der Waals surface area contributed by atoms with Crippen LogP contribution in [-0.2, 0) is 0 Å². The minimum Gasteiger partial charge on any atom is -0.399 e. The molecule has 0 aliphatic carbocycles. The summed E-state index contributed by atoms with van der Waals surface area (Å²) < 4.78 is 0. The van der Waals surface area contributed by atoms with E-state index < -0.39 is 0 Å². The van der Waals surface area contributed by atoms with E-state index >= 15 is 0 Å². The number of carbonyl (C=O) groups is 1. The monoisotopic (exact) mass is 285 g/mol. The van der Waals surface area contributed by atoms with E-state index in [2.05, 4.69) is 10.3 Å². The van der Waals surface area contributed by atoms with E-state index in [4.69, 9.17) is 17.3 Å². The van der Waals surface area contributed by atoms with Gasteiger partial charge in [0.2, 0.25) is 0 Å². The van der Waals surface area contributed by atoms with Crippen molar-refractivity contribution < 1.29 is 4.79 Å². The fourth-order valence-corrected chi connectivity index (χ4v) is 2.19. The second kappa shape index (κ2) is 4.90. The number of benzene rings is 2. The van der Waals surface area contributed by atoms with Crippen LogP contribution >= 0.6 is 11.6 Å². The lowest BCUT2D eigenvalue weighted by Crippen LogP contribution is -2.11. The maximum Gasteiger partial charge on any atom is 0.257 e. The quantitative estimate of drug-likeness (QED) is 0.629. The van der Waals surface area contributed by atoms with Crippen LogP contribution in [0.25, 0.3) is 10.9 Å². The predicted molar refractivity (Wildman–Crippen MR) is 82.1 cm³/mol. The highest BCUT2D eigenvalue weighted by Crippen LogP contribution is 2.22. The first kappa shape index (κ1) is 12.6. The van der Waals surface area contributed by atoms with Crippen LogP contribution in [0.15, 0.2) is 48.7 Å². The van der Waals surface area contributed by atoms with Crippen LogP contribution in [-0.4, -0.2) is 10.9 Å². The molecule has 2 aromatic carbocycles. The lowest BCUT2D eigenvalue weighted by Gasteiger charge is -2.04. The van der Waals surface area contributed by atoms with Gasteiger partial charge >= 0.3 is 0 Å². The van der Waals surface area contributed by atoms with E-state index in [0.717, 1.165) is 10.9 Å². The average molecular weight is 286 g/mol. The molecule has 0 radical (unpaired) electrons. The van der Waals surface area contributed by atoms with Crippen LogP contribution in [0, 0.1) is 0 Å². The van der Waals surface area contributed by atoms with Crippen LogP contribution in [0.5, 0.6) is 0 Å². The molecule has 1 amide bonds. The van der Waals surface area contributed by atoms with Gasteiger partial charge in [-0.2, -0.15) is 0 Å². The van der Waals surface area contributed by atoms with Crippen LogP contribution in [0.3, 0.4) is 0 Å². The van der Waals surface area contributed by atoms with Crippen molar-refractivity contribution in [1.29, 1.82) is 0 Å². The van der Waals surface area contributed by atoms with Crippen molar-refractivity contribution in [2.75, 3.05) is 11.1 Å². The number of hydrogen-bond donors (Lipinski definition) is 3. The number of anilines is 2. The number of nitrogens with one attached hydrogen (secondary N) is 2. The molecule has 4 N–H and O–H groups in total. The van der Waals surface area contributed by atoms with E-state index in [1.165, 1.54) is 0 Å². The first-order chi connectivity index (χ1) is 9.63. The molecule has 0 atom stereocenters. The normalized spacial score (nSPS) is 10.7. The molecule has 20 heavy (non-hydrogen) atoms. The summed E-state index contributed by atoms with van der Waals surface area (Å²) in [5.74, 6) is -0.177. The fraction of sp³-hybridized carbons (Fsp3) is 0. The second-order valence-corrected chi connectivity index (χ2v) is 4.90. The number of fused-ring (bicyclic) bond motifs is 1. The minimum atomic E-state index is -0.177. The molecule has 0 saturated carbocycles. The number of aromatic amines is 1. The van der Waals surface area contributed by atoms with Gasteiger partial charge in [0.15, 0.2) is 0 Å². The van der Waals surface area contributed by atoms with Gasteiger partial charge in [0.25, 0.3) is 5.91 Å². The molecule has 1 heterocycles. The van der Waals surface area contributed by atoms with Crippen molar-refractivity contribution in [2.45, 2.75) is 0 Å². The van der Waals surface area contributed by atoms with Crippen molar-refractivity contribution in [3.8, 4) is 0 Å². The number of carbonyl (C=O) groups excluding carboxylic acids is 1. The third-order valence-electron chi connectivity index (χ3n) is 3.05. The lowest BCUT2D eigenvalue weighted by molar-refractivity contribution is 0.102. The number of nitrogens with two attached hydrogens (primary N) is 1. The molecule has 0 aliphatic rings. The molecule has 0 fully saturated rings. The first-order valence-corrected chi connectivity index (χ1v) is 6.45. The Labute approximate surface area is 120 Å². The van der Waals surface area contributed by atoms with Crippen LogP contribution < -0.4 is 11.1 Å². The summed E-state index contributed by atoms with van der Waals surface area (Å²) in [6.07, 6.45) is 1.68. The van der Waals surface area contributed by atoms with Crippen LogP contribution in [0.4, 0.5) is 11.4 Å². The van der Waals surface area contributed by atoms with E-state index in [-0.39, 0.29) is 5.91 Å². The van der Waals surface area contributed by atoms with E-state index in [9.17, 15) is 4.79 Å². The molecular weight excluding hydrogens is 274 g/mol. The van der Waals surface area contributed by atoms with Gasteiger partial charge in [-0.05, 0) is 42.5 Å². The summed E-state index contributed by atoms with van der Waals surface area (Å²) in [5, 5.41) is 4.30. The zero-order valence-corrected chi connectivity index (χ0v) is 11.2. The third kappa shape index (κ3) is 2.33. The van der Waals surface area contributed by atoms with Crippen molar-refractivity contribution in [2.24, 2.45) is 0 Å². The number of H-pyrrole nitrogens is 1. The topological polar surface area (TPSA) is 70.9 Å². The smallest absolute Gasteiger partial charge is 0.257 e. The summed E-state index contributed by atoms with van der Waals surface area (Å²) in [6.45, 7) is 0. The number of hydrogen-bond acceptors (Lipinski definition) is 2. The maximum absolute atomic E-state index is 12.3. The SMILES string of the molecule is Nc1ccc2c(C(=O)Nc3ccc(Cl)cc3)c[nH]c2c1. The number of amides is 1. The Morgan fingerprint density at radius 3 is 2.65 bits per heavy atom. The molecule has 100 valence electrons. The molecular formula is C15H12ClN3O. The highest BCUT2D eigenvalue weighted by molar-refractivity contribution is 6.30. The van der Waals surface area contributed by atoms with E-state index in [1.807, 2.05) is 6.07 Å². The standard InChI is InChI=1S/C15H12ClN3O/c16-9-1-4-11(5-2-9)19-15(20)13-8-18-14-7-10(17)3-6-12(13)14/h1-8,18H,17H2,(H,19,20). The predicted octanol–water partition coefficient (Wildman–Crippen LogP) is 3.66. The number of aromatic nitrogens is 1. The Morgan fingerprint density at radius 1 is 1.15 bits per heavy atom.